The third-order valence-corrected chi connectivity index (χ3v) is 7.26. The first kappa shape index (κ1) is 18.4. The van der Waals surface area contributed by atoms with E-state index in [1.807, 2.05) is 15.9 Å². The number of carbonyl (C=O) groups excluding carboxylic acids is 1. The molecule has 1 unspecified atom stereocenters. The normalized spacial score (nSPS) is 25.2. The smallest absolute Gasteiger partial charge is 0.285 e. The molecule has 2 saturated heterocycles. The van der Waals surface area contributed by atoms with Crippen LogP contribution in [0.4, 0.5) is 0 Å². The van der Waals surface area contributed by atoms with Crippen molar-refractivity contribution in [3.05, 3.63) is 29.8 Å². The lowest BCUT2D eigenvalue weighted by Gasteiger charge is -2.40. The van der Waals surface area contributed by atoms with Crippen LogP contribution >= 0.6 is 0 Å². The average Bonchev–Trinajstić information content (AvgIpc) is 2.99. The molecular formula is C19H26N4O3S. The Morgan fingerprint density at radius 1 is 1.11 bits per heavy atom. The highest BCUT2D eigenvalue weighted by Crippen LogP contribution is 2.30. The number of sulfonamides is 1. The van der Waals surface area contributed by atoms with Gasteiger partial charge in [0.1, 0.15) is 4.90 Å². The molecule has 3 aliphatic rings. The van der Waals surface area contributed by atoms with E-state index in [1.165, 1.54) is 0 Å². The van der Waals surface area contributed by atoms with Gasteiger partial charge in [0.2, 0.25) is 5.91 Å². The van der Waals surface area contributed by atoms with E-state index in [0.29, 0.717) is 43.9 Å². The largest absolute Gasteiger partial charge is 0.355 e. The molecule has 0 bridgehead atoms. The number of nitrogens with zero attached hydrogens (tertiary/aromatic N) is 3. The second-order valence-corrected chi connectivity index (χ2v) is 9.14. The Labute approximate surface area is 160 Å². The zero-order valence-corrected chi connectivity index (χ0v) is 16.2. The van der Waals surface area contributed by atoms with Crippen molar-refractivity contribution in [3.63, 3.8) is 0 Å². The molecule has 1 aromatic rings. The third kappa shape index (κ3) is 3.36. The molecule has 1 amide bonds. The summed E-state index contributed by atoms with van der Waals surface area (Å²) < 4.78 is 28.5. The molecule has 0 aromatic heterocycles. The fourth-order valence-electron chi connectivity index (χ4n) is 4.43. The molecule has 8 heteroatoms. The summed E-state index contributed by atoms with van der Waals surface area (Å²) in [5.41, 5.74) is 6.53. The molecule has 2 N–H and O–H groups in total. The SMILES string of the molecule is NCC1CCCCN1C(=O)C1CCN(C2=NS(=O)(=O)c3ccccc32)CC1. The number of amidine groups is 1. The molecule has 27 heavy (non-hydrogen) atoms. The van der Waals surface area contributed by atoms with Gasteiger partial charge < -0.3 is 15.5 Å². The number of nitrogens with two attached hydrogens (primary N) is 1. The van der Waals surface area contributed by atoms with Crippen LogP contribution in [-0.4, -0.2) is 62.2 Å². The van der Waals surface area contributed by atoms with E-state index in [4.69, 9.17) is 5.73 Å². The van der Waals surface area contributed by atoms with Gasteiger partial charge in [-0.2, -0.15) is 8.42 Å². The minimum Gasteiger partial charge on any atom is -0.355 e. The number of benzene rings is 1. The summed E-state index contributed by atoms with van der Waals surface area (Å²) in [6, 6.07) is 7.11. The molecule has 4 rings (SSSR count). The van der Waals surface area contributed by atoms with Crippen LogP contribution in [0.25, 0.3) is 0 Å². The van der Waals surface area contributed by atoms with Crippen molar-refractivity contribution >= 4 is 21.8 Å². The van der Waals surface area contributed by atoms with Gasteiger partial charge in [0.15, 0.2) is 5.84 Å². The van der Waals surface area contributed by atoms with Gasteiger partial charge >= 0.3 is 0 Å². The number of amides is 1. The molecule has 3 heterocycles. The van der Waals surface area contributed by atoms with E-state index in [-0.39, 0.29) is 22.8 Å². The molecule has 0 saturated carbocycles. The first-order chi connectivity index (χ1) is 13.0. The molecule has 0 spiro atoms. The van der Waals surface area contributed by atoms with Crippen LogP contribution in [0.15, 0.2) is 33.6 Å². The van der Waals surface area contributed by atoms with Gasteiger partial charge in [0, 0.05) is 43.7 Å². The Balaban J connectivity index is 1.45. The lowest BCUT2D eigenvalue weighted by atomic mass is 9.92. The second-order valence-electron chi connectivity index (χ2n) is 7.56. The molecule has 3 aliphatic heterocycles. The van der Waals surface area contributed by atoms with Crippen LogP contribution in [-0.2, 0) is 14.8 Å². The summed E-state index contributed by atoms with van der Waals surface area (Å²) in [4.78, 5) is 17.2. The fraction of sp³-hybridized carbons (Fsp3) is 0.579. The molecule has 1 aromatic carbocycles. The predicted molar refractivity (Wildman–Crippen MR) is 103 cm³/mol. The van der Waals surface area contributed by atoms with Crippen molar-refractivity contribution in [2.24, 2.45) is 16.0 Å². The second kappa shape index (κ2) is 7.24. The first-order valence-electron chi connectivity index (χ1n) is 9.71. The van der Waals surface area contributed by atoms with Crippen LogP contribution in [0.3, 0.4) is 0 Å². The highest BCUT2D eigenvalue weighted by molar-refractivity contribution is 7.90. The molecular weight excluding hydrogens is 364 g/mol. The fourth-order valence-corrected chi connectivity index (χ4v) is 5.65. The zero-order valence-electron chi connectivity index (χ0n) is 15.4. The van der Waals surface area contributed by atoms with Crippen LogP contribution in [0.5, 0.6) is 0 Å². The van der Waals surface area contributed by atoms with Crippen LogP contribution in [0, 0.1) is 5.92 Å². The van der Waals surface area contributed by atoms with E-state index in [1.54, 1.807) is 18.2 Å². The maximum atomic E-state index is 13.0. The van der Waals surface area contributed by atoms with E-state index >= 15 is 0 Å². The summed E-state index contributed by atoms with van der Waals surface area (Å²) >= 11 is 0. The van der Waals surface area contributed by atoms with Gasteiger partial charge in [0.25, 0.3) is 10.0 Å². The van der Waals surface area contributed by atoms with Crippen LogP contribution < -0.4 is 5.73 Å². The summed E-state index contributed by atoms with van der Waals surface area (Å²) in [5.74, 6) is 0.725. The topological polar surface area (TPSA) is 96.1 Å². The minimum absolute atomic E-state index is 0.0118. The maximum Gasteiger partial charge on any atom is 0.285 e. The third-order valence-electron chi connectivity index (χ3n) is 5.94. The summed E-state index contributed by atoms with van der Waals surface area (Å²) in [5, 5.41) is 0. The van der Waals surface area contributed by atoms with Crippen LogP contribution in [0.2, 0.25) is 0 Å². The highest BCUT2D eigenvalue weighted by Gasteiger charge is 2.36. The zero-order chi connectivity index (χ0) is 19.0. The monoisotopic (exact) mass is 390 g/mol. The Morgan fingerprint density at radius 3 is 2.59 bits per heavy atom. The van der Waals surface area contributed by atoms with Crippen molar-refractivity contribution in [2.45, 2.75) is 43.0 Å². The number of fused-ring (bicyclic) bond motifs is 1. The van der Waals surface area contributed by atoms with Gasteiger partial charge in [-0.3, -0.25) is 4.79 Å². The molecule has 0 aliphatic carbocycles. The Bertz CT molecular complexity index is 859. The van der Waals surface area contributed by atoms with Crippen LogP contribution in [0.1, 0.15) is 37.7 Å². The van der Waals surface area contributed by atoms with Crippen molar-refractivity contribution in [2.75, 3.05) is 26.2 Å². The van der Waals surface area contributed by atoms with Gasteiger partial charge in [-0.25, -0.2) is 0 Å². The van der Waals surface area contributed by atoms with Crippen molar-refractivity contribution in [3.8, 4) is 0 Å². The van der Waals surface area contributed by atoms with Crippen molar-refractivity contribution in [1.82, 2.24) is 9.80 Å². The highest BCUT2D eigenvalue weighted by atomic mass is 32.2. The standard InChI is InChI=1S/C19H26N4O3S/c20-13-15-5-3-4-10-23(15)19(24)14-8-11-22(12-9-14)18-16-6-1-2-7-17(16)27(25,26)21-18/h1-2,6-7,14-15H,3-5,8-13,20H2. The summed E-state index contributed by atoms with van der Waals surface area (Å²) in [6.07, 6.45) is 4.61. The number of hydrogen-bond donors (Lipinski definition) is 1. The Morgan fingerprint density at radius 2 is 1.85 bits per heavy atom. The maximum absolute atomic E-state index is 13.0. The predicted octanol–water partition coefficient (Wildman–Crippen LogP) is 1.19. The Kier molecular flexibility index (Phi) is 4.94. The van der Waals surface area contributed by atoms with Gasteiger partial charge in [-0.1, -0.05) is 12.1 Å². The number of piperidine rings is 2. The first-order valence-corrected chi connectivity index (χ1v) is 11.1. The minimum atomic E-state index is -3.60. The summed E-state index contributed by atoms with van der Waals surface area (Å²) in [7, 11) is -3.60. The average molecular weight is 391 g/mol. The lowest BCUT2D eigenvalue weighted by molar-refractivity contribution is -0.140. The van der Waals surface area contributed by atoms with Gasteiger partial charge in [0.05, 0.1) is 0 Å². The Hall–Kier alpha value is -1.93. The molecule has 0 radical (unpaired) electrons. The van der Waals surface area contributed by atoms with Gasteiger partial charge in [-0.05, 0) is 44.2 Å². The number of hydrogen-bond acceptors (Lipinski definition) is 5. The molecule has 7 nitrogen and oxygen atoms in total. The van der Waals surface area contributed by atoms with E-state index in [2.05, 4.69) is 4.40 Å². The van der Waals surface area contributed by atoms with E-state index < -0.39 is 10.0 Å². The van der Waals surface area contributed by atoms with E-state index in [9.17, 15) is 13.2 Å². The molecule has 1 atom stereocenters. The van der Waals surface area contributed by atoms with E-state index in [0.717, 1.165) is 25.8 Å². The quantitative estimate of drug-likeness (QED) is 0.818. The van der Waals surface area contributed by atoms with Gasteiger partial charge in [-0.15, -0.1) is 4.40 Å². The lowest BCUT2D eigenvalue weighted by Crippen LogP contribution is -2.51. The number of likely N-dealkylation sites (tertiary alicyclic amines) is 2. The van der Waals surface area contributed by atoms with Crippen molar-refractivity contribution < 1.29 is 13.2 Å². The number of rotatable bonds is 2. The molecule has 2 fully saturated rings. The van der Waals surface area contributed by atoms with Crippen molar-refractivity contribution in [1.29, 1.82) is 0 Å². The molecule has 146 valence electrons. The summed E-state index contributed by atoms with van der Waals surface area (Å²) in [6.45, 7) is 2.61. The number of carbonyl (C=O) groups is 1.